The quantitative estimate of drug-likeness (QED) is 0.556. The third-order valence-corrected chi connectivity index (χ3v) is 2.59. The number of aliphatic imine (C=N–C) groups is 1. The molecule has 0 aromatic heterocycles. The van der Waals surface area contributed by atoms with Gasteiger partial charge in [-0.25, -0.2) is 10.4 Å². The van der Waals surface area contributed by atoms with Gasteiger partial charge in [0.15, 0.2) is 5.17 Å². The molecule has 0 amide bonds. The van der Waals surface area contributed by atoms with Gasteiger partial charge in [-0.3, -0.25) is 5.43 Å². The van der Waals surface area contributed by atoms with Gasteiger partial charge in [-0.15, -0.1) is 0 Å². The fourth-order valence-electron chi connectivity index (χ4n) is 0.620. The minimum atomic E-state index is -0.214. The van der Waals surface area contributed by atoms with Crippen molar-refractivity contribution >= 4 is 34.1 Å². The van der Waals surface area contributed by atoms with Crippen LogP contribution >= 0.6 is 24.0 Å². The smallest absolute Gasteiger partial charge is 0.176 e. The SMILES string of the molecule is CSC1=NC(=S)C(C)(C)NN1. The summed E-state index contributed by atoms with van der Waals surface area (Å²) in [6.07, 6.45) is 1.95. The summed E-state index contributed by atoms with van der Waals surface area (Å²) in [5.74, 6) is 0. The molecule has 0 aromatic carbocycles. The van der Waals surface area contributed by atoms with Crippen molar-refractivity contribution in [2.24, 2.45) is 4.99 Å². The van der Waals surface area contributed by atoms with Gasteiger partial charge in [-0.2, -0.15) is 0 Å². The second-order valence-corrected chi connectivity index (χ2v) is 3.98. The summed E-state index contributed by atoms with van der Waals surface area (Å²) in [5, 5.41) is 0.828. The number of thioether (sulfide) groups is 1. The van der Waals surface area contributed by atoms with Gasteiger partial charge in [0.25, 0.3) is 0 Å². The summed E-state index contributed by atoms with van der Waals surface area (Å²) in [6, 6.07) is 0. The number of hydrogen-bond donors (Lipinski definition) is 2. The minimum absolute atomic E-state index is 0.214. The Morgan fingerprint density at radius 2 is 2.18 bits per heavy atom. The van der Waals surface area contributed by atoms with E-state index in [2.05, 4.69) is 15.8 Å². The Morgan fingerprint density at radius 1 is 1.55 bits per heavy atom. The molecule has 1 aliphatic heterocycles. The third-order valence-electron chi connectivity index (χ3n) is 1.41. The van der Waals surface area contributed by atoms with Gasteiger partial charge < -0.3 is 0 Å². The average molecular weight is 189 g/mol. The zero-order valence-electron chi connectivity index (χ0n) is 6.76. The molecule has 0 aliphatic carbocycles. The summed E-state index contributed by atoms with van der Waals surface area (Å²) in [4.78, 5) is 4.89. The molecule has 11 heavy (non-hydrogen) atoms. The molecular formula is C6H11N3S2. The largest absolute Gasteiger partial charge is 0.299 e. The number of nitrogens with one attached hydrogen (secondary N) is 2. The maximum Gasteiger partial charge on any atom is 0.176 e. The van der Waals surface area contributed by atoms with Crippen LogP contribution in [0.2, 0.25) is 0 Å². The van der Waals surface area contributed by atoms with Crippen molar-refractivity contribution in [3.63, 3.8) is 0 Å². The van der Waals surface area contributed by atoms with E-state index in [1.165, 1.54) is 11.8 Å². The molecule has 1 rings (SSSR count). The van der Waals surface area contributed by atoms with Crippen molar-refractivity contribution in [1.82, 2.24) is 10.9 Å². The highest BCUT2D eigenvalue weighted by Crippen LogP contribution is 2.11. The molecule has 1 aliphatic rings. The van der Waals surface area contributed by atoms with Gasteiger partial charge in [0.1, 0.15) is 4.99 Å². The fourth-order valence-corrected chi connectivity index (χ4v) is 1.16. The first kappa shape index (κ1) is 8.96. The Hall–Kier alpha value is -0.130. The average Bonchev–Trinajstić information content (AvgIpc) is 1.95. The van der Waals surface area contributed by atoms with Gasteiger partial charge in [0, 0.05) is 0 Å². The zero-order valence-corrected chi connectivity index (χ0v) is 8.40. The number of amidine groups is 1. The lowest BCUT2D eigenvalue weighted by Gasteiger charge is -2.30. The molecule has 3 nitrogen and oxygen atoms in total. The molecule has 0 unspecified atom stereocenters. The standard InChI is InChI=1S/C6H11N3S2/c1-6(2)4(10)7-5(11-3)8-9-6/h9H,1-3H3,(H,7,8,10). The molecule has 62 valence electrons. The maximum atomic E-state index is 5.08. The van der Waals surface area contributed by atoms with E-state index in [0.717, 1.165) is 5.17 Å². The van der Waals surface area contributed by atoms with E-state index >= 15 is 0 Å². The highest BCUT2D eigenvalue weighted by molar-refractivity contribution is 8.13. The van der Waals surface area contributed by atoms with Crippen LogP contribution in [0.4, 0.5) is 0 Å². The summed E-state index contributed by atoms with van der Waals surface area (Å²) in [6.45, 7) is 3.98. The topological polar surface area (TPSA) is 36.4 Å². The fraction of sp³-hybridized carbons (Fsp3) is 0.667. The van der Waals surface area contributed by atoms with Crippen LogP contribution in [-0.4, -0.2) is 22.0 Å². The van der Waals surface area contributed by atoms with E-state index in [-0.39, 0.29) is 5.54 Å². The predicted molar refractivity (Wildman–Crippen MR) is 53.9 cm³/mol. The van der Waals surface area contributed by atoms with Crippen molar-refractivity contribution in [3.05, 3.63) is 0 Å². The molecule has 0 bridgehead atoms. The second-order valence-electron chi connectivity index (χ2n) is 2.80. The van der Waals surface area contributed by atoms with Crippen LogP contribution < -0.4 is 10.9 Å². The van der Waals surface area contributed by atoms with Crippen LogP contribution in [0.3, 0.4) is 0 Å². The first-order chi connectivity index (χ1) is 5.06. The summed E-state index contributed by atoms with van der Waals surface area (Å²) in [5.41, 5.74) is 5.82. The van der Waals surface area contributed by atoms with Gasteiger partial charge in [-0.05, 0) is 20.1 Å². The molecule has 0 saturated heterocycles. The number of rotatable bonds is 0. The van der Waals surface area contributed by atoms with E-state index in [1.54, 1.807) is 0 Å². The van der Waals surface area contributed by atoms with E-state index < -0.39 is 0 Å². The van der Waals surface area contributed by atoms with Crippen LogP contribution in [0.15, 0.2) is 4.99 Å². The number of thiocarbonyl (C=S) groups is 1. The van der Waals surface area contributed by atoms with Crippen molar-refractivity contribution in [2.75, 3.05) is 6.26 Å². The third kappa shape index (κ3) is 1.91. The van der Waals surface area contributed by atoms with Gasteiger partial charge >= 0.3 is 0 Å². The van der Waals surface area contributed by atoms with Crippen LogP contribution in [0.1, 0.15) is 13.8 Å². The van der Waals surface area contributed by atoms with E-state index in [9.17, 15) is 0 Å². The monoisotopic (exact) mass is 189 g/mol. The Bertz CT molecular complexity index is 210. The molecule has 5 heteroatoms. The summed E-state index contributed by atoms with van der Waals surface area (Å²) < 4.78 is 0. The molecule has 0 atom stereocenters. The predicted octanol–water partition coefficient (Wildman–Crippen LogP) is 0.919. The molecule has 0 fully saturated rings. The molecule has 0 radical (unpaired) electrons. The number of hydrazine groups is 1. The summed E-state index contributed by atoms with van der Waals surface area (Å²) >= 11 is 6.62. The van der Waals surface area contributed by atoms with Gasteiger partial charge in [-0.1, -0.05) is 24.0 Å². The van der Waals surface area contributed by atoms with E-state index in [4.69, 9.17) is 12.2 Å². The molecule has 2 N–H and O–H groups in total. The van der Waals surface area contributed by atoms with Crippen molar-refractivity contribution < 1.29 is 0 Å². The van der Waals surface area contributed by atoms with Crippen LogP contribution in [0.25, 0.3) is 0 Å². The zero-order chi connectivity index (χ0) is 8.48. The first-order valence-electron chi connectivity index (χ1n) is 3.26. The van der Waals surface area contributed by atoms with Crippen LogP contribution in [0, 0.1) is 0 Å². The van der Waals surface area contributed by atoms with E-state index in [0.29, 0.717) is 4.99 Å². The highest BCUT2D eigenvalue weighted by atomic mass is 32.2. The lowest BCUT2D eigenvalue weighted by atomic mass is 10.1. The Labute approximate surface area is 76.0 Å². The lowest BCUT2D eigenvalue weighted by molar-refractivity contribution is 0.474. The second kappa shape index (κ2) is 3.08. The van der Waals surface area contributed by atoms with Crippen molar-refractivity contribution in [1.29, 1.82) is 0 Å². The molecule has 0 aromatic rings. The Kier molecular flexibility index (Phi) is 2.51. The van der Waals surface area contributed by atoms with Crippen molar-refractivity contribution in [2.45, 2.75) is 19.4 Å². The lowest BCUT2D eigenvalue weighted by Crippen LogP contribution is -2.57. The Morgan fingerprint density at radius 3 is 2.64 bits per heavy atom. The Balaban J connectivity index is 2.79. The van der Waals surface area contributed by atoms with Gasteiger partial charge in [0.05, 0.1) is 5.54 Å². The van der Waals surface area contributed by atoms with Crippen molar-refractivity contribution in [3.8, 4) is 0 Å². The molecular weight excluding hydrogens is 178 g/mol. The first-order valence-corrected chi connectivity index (χ1v) is 4.90. The number of hydrogen-bond acceptors (Lipinski definition) is 4. The minimum Gasteiger partial charge on any atom is -0.299 e. The van der Waals surface area contributed by atoms with Crippen LogP contribution in [-0.2, 0) is 0 Å². The molecule has 0 saturated carbocycles. The summed E-state index contributed by atoms with van der Waals surface area (Å²) in [7, 11) is 0. The maximum absolute atomic E-state index is 5.08. The normalized spacial score (nSPS) is 22.5. The van der Waals surface area contributed by atoms with Gasteiger partial charge in [0.2, 0.25) is 0 Å². The number of nitrogens with zero attached hydrogens (tertiary/aromatic N) is 1. The molecule has 0 spiro atoms. The molecule has 1 heterocycles. The van der Waals surface area contributed by atoms with Crippen LogP contribution in [0.5, 0.6) is 0 Å². The highest BCUT2D eigenvalue weighted by Gasteiger charge is 2.27. The van der Waals surface area contributed by atoms with E-state index in [1.807, 2.05) is 20.1 Å².